The van der Waals surface area contributed by atoms with Crippen molar-refractivity contribution in [3.8, 4) is 0 Å². The van der Waals surface area contributed by atoms with E-state index in [1.165, 1.54) is 19.3 Å². The Hall–Kier alpha value is -2.45. The minimum atomic E-state index is -0.886. The third-order valence-corrected chi connectivity index (χ3v) is 9.41. The highest BCUT2D eigenvalue weighted by Gasteiger charge is 2.52. The number of carbonyl (C=O) groups is 3. The molecule has 8 heteroatoms. The fourth-order valence-electron chi connectivity index (χ4n) is 6.80. The van der Waals surface area contributed by atoms with Crippen molar-refractivity contribution in [2.24, 2.45) is 23.7 Å². The van der Waals surface area contributed by atoms with Gasteiger partial charge in [0.05, 0.1) is 18.2 Å². The third-order valence-electron chi connectivity index (χ3n) is 9.41. The van der Waals surface area contributed by atoms with Crippen molar-refractivity contribution in [3.63, 3.8) is 0 Å². The van der Waals surface area contributed by atoms with E-state index >= 15 is 0 Å². The maximum absolute atomic E-state index is 13.8. The van der Waals surface area contributed by atoms with Crippen molar-refractivity contribution in [1.29, 1.82) is 0 Å². The molecular formula is C36H59N3O5. The molecule has 1 aliphatic carbocycles. The van der Waals surface area contributed by atoms with Gasteiger partial charge in [-0.2, -0.15) is 0 Å². The van der Waals surface area contributed by atoms with Gasteiger partial charge in [0.2, 0.25) is 11.8 Å². The zero-order chi connectivity index (χ0) is 32.7. The third kappa shape index (κ3) is 10.0. The first-order valence-electron chi connectivity index (χ1n) is 16.9. The molecule has 1 aromatic carbocycles. The highest BCUT2D eigenvalue weighted by Crippen LogP contribution is 2.42. The van der Waals surface area contributed by atoms with Crippen molar-refractivity contribution < 1.29 is 23.9 Å². The Bertz CT molecular complexity index is 1080. The molecule has 3 amide bonds. The Balaban J connectivity index is 1.79. The van der Waals surface area contributed by atoms with Gasteiger partial charge >= 0.3 is 6.09 Å². The summed E-state index contributed by atoms with van der Waals surface area (Å²) in [5.41, 5.74) is -0.440. The van der Waals surface area contributed by atoms with E-state index in [0.717, 1.165) is 31.2 Å². The van der Waals surface area contributed by atoms with Crippen LogP contribution in [0.5, 0.6) is 0 Å². The number of carbonyl (C=O) groups excluding carboxylic acids is 3. The quantitative estimate of drug-likeness (QED) is 0.259. The van der Waals surface area contributed by atoms with E-state index in [9.17, 15) is 14.4 Å². The number of hydrogen-bond donors (Lipinski definition) is 2. The summed E-state index contributed by atoms with van der Waals surface area (Å²) in [6, 6.07) is 9.24. The van der Waals surface area contributed by atoms with Gasteiger partial charge in [-0.3, -0.25) is 19.8 Å². The average molecular weight is 614 g/mol. The van der Waals surface area contributed by atoms with Gasteiger partial charge in [0.15, 0.2) is 0 Å². The predicted octanol–water partition coefficient (Wildman–Crippen LogP) is 7.21. The molecule has 3 rings (SSSR count). The van der Waals surface area contributed by atoms with Crippen LogP contribution in [0.3, 0.4) is 0 Å². The molecule has 2 N–H and O–H groups in total. The molecule has 5 atom stereocenters. The highest BCUT2D eigenvalue weighted by atomic mass is 16.6. The lowest BCUT2D eigenvalue weighted by Crippen LogP contribution is -2.52. The van der Waals surface area contributed by atoms with Gasteiger partial charge in [0.1, 0.15) is 11.3 Å². The molecule has 2 aliphatic rings. The first-order chi connectivity index (χ1) is 20.6. The number of rotatable bonds is 12. The van der Waals surface area contributed by atoms with Gasteiger partial charge in [-0.25, -0.2) is 4.79 Å². The SMILES string of the molecule is CC[C@H](C)[C@H](NCc1ccccc1)C(=O)NC(=O)[C@@H](C[C@@H]1OC(C)(C)N(C(=O)OC(C)(C)C)[C@H]1CC1CCCCC1)C(C)C. The second-order valence-corrected chi connectivity index (χ2v) is 14.9. The number of benzene rings is 1. The molecule has 1 aliphatic heterocycles. The minimum Gasteiger partial charge on any atom is -0.444 e. The average Bonchev–Trinajstić information content (AvgIpc) is 3.20. The standard InChI is InChI=1S/C36H59N3O5/c1-10-25(4)31(37-23-27-19-15-12-16-20-27)33(41)38-32(40)28(24(2)3)22-30-29(21-26-17-13-11-14-18-26)39(36(8,9)43-30)34(42)44-35(5,6)7/h12,15-16,19-20,24-26,28-31,37H,10-11,13-14,17-18,21-23H2,1-9H3,(H,38,40,41)/t25-,28-,29-,30-,31-/m0/s1. The molecule has 0 bridgehead atoms. The summed E-state index contributed by atoms with van der Waals surface area (Å²) in [5.74, 6) is -0.524. The van der Waals surface area contributed by atoms with Crippen LogP contribution in [0, 0.1) is 23.7 Å². The number of hydrogen-bond acceptors (Lipinski definition) is 6. The normalized spacial score (nSPS) is 22.8. The molecule has 2 fully saturated rings. The molecular weight excluding hydrogens is 554 g/mol. The van der Waals surface area contributed by atoms with E-state index in [-0.39, 0.29) is 41.9 Å². The molecule has 0 spiro atoms. The van der Waals surface area contributed by atoms with Crippen molar-refractivity contribution >= 4 is 17.9 Å². The summed E-state index contributed by atoms with van der Waals surface area (Å²) in [6.45, 7) is 18.1. The molecule has 44 heavy (non-hydrogen) atoms. The van der Waals surface area contributed by atoms with Crippen LogP contribution in [0.1, 0.15) is 119 Å². The van der Waals surface area contributed by atoms with Crippen molar-refractivity contribution in [2.45, 2.75) is 150 Å². The lowest BCUT2D eigenvalue weighted by atomic mass is 9.81. The molecule has 0 unspecified atom stereocenters. The Kier molecular flexibility index (Phi) is 12.9. The number of nitrogens with one attached hydrogen (secondary N) is 2. The Morgan fingerprint density at radius 2 is 1.66 bits per heavy atom. The fraction of sp³-hybridized carbons (Fsp3) is 0.750. The molecule has 1 heterocycles. The molecule has 248 valence electrons. The molecule has 0 radical (unpaired) electrons. The summed E-state index contributed by atoms with van der Waals surface area (Å²) < 4.78 is 12.5. The van der Waals surface area contributed by atoms with Gasteiger partial charge in [-0.05, 0) is 70.8 Å². The Morgan fingerprint density at radius 3 is 2.23 bits per heavy atom. The van der Waals surface area contributed by atoms with Gasteiger partial charge in [-0.15, -0.1) is 0 Å². The van der Waals surface area contributed by atoms with Gasteiger partial charge in [0, 0.05) is 12.5 Å². The van der Waals surface area contributed by atoms with Crippen LogP contribution < -0.4 is 10.6 Å². The van der Waals surface area contributed by atoms with Gasteiger partial charge < -0.3 is 14.8 Å². The van der Waals surface area contributed by atoms with Crippen LogP contribution in [0.4, 0.5) is 4.79 Å². The van der Waals surface area contributed by atoms with E-state index in [2.05, 4.69) is 17.6 Å². The molecule has 1 saturated heterocycles. The van der Waals surface area contributed by atoms with Crippen molar-refractivity contribution in [1.82, 2.24) is 15.5 Å². The summed E-state index contributed by atoms with van der Waals surface area (Å²) in [4.78, 5) is 42.7. The summed E-state index contributed by atoms with van der Waals surface area (Å²) in [7, 11) is 0. The highest BCUT2D eigenvalue weighted by molar-refractivity contribution is 5.99. The lowest BCUT2D eigenvalue weighted by molar-refractivity contribution is -0.137. The van der Waals surface area contributed by atoms with Gasteiger partial charge in [-0.1, -0.05) is 96.6 Å². The Morgan fingerprint density at radius 1 is 1.02 bits per heavy atom. The van der Waals surface area contributed by atoms with E-state index < -0.39 is 23.3 Å². The predicted molar refractivity (Wildman–Crippen MR) is 175 cm³/mol. The van der Waals surface area contributed by atoms with Crippen LogP contribution >= 0.6 is 0 Å². The van der Waals surface area contributed by atoms with E-state index in [4.69, 9.17) is 9.47 Å². The van der Waals surface area contributed by atoms with Crippen LogP contribution in [-0.4, -0.2) is 52.3 Å². The maximum atomic E-state index is 13.8. The summed E-state index contributed by atoms with van der Waals surface area (Å²) >= 11 is 0. The number of imide groups is 1. The largest absolute Gasteiger partial charge is 0.444 e. The maximum Gasteiger partial charge on any atom is 0.412 e. The molecule has 1 saturated carbocycles. The van der Waals surface area contributed by atoms with E-state index in [0.29, 0.717) is 18.9 Å². The smallest absolute Gasteiger partial charge is 0.412 e. The Labute approximate surface area is 266 Å². The number of amides is 3. The van der Waals surface area contributed by atoms with E-state index in [1.54, 1.807) is 4.90 Å². The molecule has 1 aromatic rings. The van der Waals surface area contributed by atoms with Crippen LogP contribution in [0.25, 0.3) is 0 Å². The zero-order valence-corrected chi connectivity index (χ0v) is 28.8. The molecule has 0 aromatic heterocycles. The zero-order valence-electron chi connectivity index (χ0n) is 28.8. The van der Waals surface area contributed by atoms with Crippen LogP contribution in [0.2, 0.25) is 0 Å². The second-order valence-electron chi connectivity index (χ2n) is 14.9. The monoisotopic (exact) mass is 613 g/mol. The van der Waals surface area contributed by atoms with Crippen molar-refractivity contribution in [3.05, 3.63) is 35.9 Å². The van der Waals surface area contributed by atoms with Crippen LogP contribution in [-0.2, 0) is 25.6 Å². The lowest BCUT2D eigenvalue weighted by Gasteiger charge is -2.37. The first-order valence-corrected chi connectivity index (χ1v) is 16.9. The number of nitrogens with zero attached hydrogens (tertiary/aromatic N) is 1. The summed E-state index contributed by atoms with van der Waals surface area (Å²) in [6.07, 6.45) is 7.24. The number of ether oxygens (including phenoxy) is 2. The van der Waals surface area contributed by atoms with Crippen molar-refractivity contribution in [2.75, 3.05) is 0 Å². The molecule has 8 nitrogen and oxygen atoms in total. The fourth-order valence-corrected chi connectivity index (χ4v) is 6.80. The van der Waals surface area contributed by atoms with E-state index in [1.807, 2.05) is 85.7 Å². The first kappa shape index (κ1) is 36.0. The second kappa shape index (κ2) is 15.7. The minimum absolute atomic E-state index is 0.0280. The topological polar surface area (TPSA) is 97.0 Å². The van der Waals surface area contributed by atoms with Gasteiger partial charge in [0.25, 0.3) is 0 Å². The van der Waals surface area contributed by atoms with Crippen LogP contribution in [0.15, 0.2) is 30.3 Å². The summed E-state index contributed by atoms with van der Waals surface area (Å²) in [5, 5.41) is 6.15.